The summed E-state index contributed by atoms with van der Waals surface area (Å²) in [6.07, 6.45) is 1.97. The van der Waals surface area contributed by atoms with Crippen molar-refractivity contribution in [1.29, 1.82) is 0 Å². The predicted octanol–water partition coefficient (Wildman–Crippen LogP) is 2.85. The van der Waals surface area contributed by atoms with Gasteiger partial charge in [-0.05, 0) is 43.5 Å². The molecule has 0 radical (unpaired) electrons. The molecular formula is C14H19BrN2O3. The fourth-order valence-corrected chi connectivity index (χ4v) is 2.19. The third-order valence-corrected chi connectivity index (χ3v) is 3.50. The highest BCUT2D eigenvalue weighted by atomic mass is 79.9. The van der Waals surface area contributed by atoms with E-state index in [1.807, 2.05) is 6.92 Å². The Balaban J connectivity index is 2.66. The van der Waals surface area contributed by atoms with Crippen LogP contribution in [0, 0.1) is 5.92 Å². The smallest absolute Gasteiger partial charge is 0.337 e. The Morgan fingerprint density at radius 1 is 1.40 bits per heavy atom. The number of anilines is 1. The number of carboxylic acids is 1. The second kappa shape index (κ2) is 8.01. The fourth-order valence-electron chi connectivity index (χ4n) is 1.83. The Labute approximate surface area is 126 Å². The molecule has 110 valence electrons. The van der Waals surface area contributed by atoms with Gasteiger partial charge in [0.2, 0.25) is 5.91 Å². The van der Waals surface area contributed by atoms with E-state index in [0.29, 0.717) is 29.0 Å². The first kappa shape index (κ1) is 16.7. The van der Waals surface area contributed by atoms with Gasteiger partial charge in [0.15, 0.2) is 0 Å². The highest BCUT2D eigenvalue weighted by Crippen LogP contribution is 2.22. The van der Waals surface area contributed by atoms with E-state index in [1.165, 1.54) is 6.07 Å². The number of rotatable bonds is 7. The molecule has 1 unspecified atom stereocenters. The van der Waals surface area contributed by atoms with E-state index < -0.39 is 5.97 Å². The van der Waals surface area contributed by atoms with Crippen LogP contribution in [-0.2, 0) is 4.79 Å². The molecule has 1 rings (SSSR count). The molecule has 4 N–H and O–H groups in total. The summed E-state index contributed by atoms with van der Waals surface area (Å²) in [6, 6.07) is 4.67. The summed E-state index contributed by atoms with van der Waals surface area (Å²) in [5, 5.41) is 11.7. The highest BCUT2D eigenvalue weighted by molar-refractivity contribution is 9.10. The lowest BCUT2D eigenvalue weighted by Gasteiger charge is -2.11. The van der Waals surface area contributed by atoms with Gasteiger partial charge in [0, 0.05) is 10.9 Å². The van der Waals surface area contributed by atoms with Gasteiger partial charge in [-0.25, -0.2) is 4.79 Å². The summed E-state index contributed by atoms with van der Waals surface area (Å²) < 4.78 is 0.717. The van der Waals surface area contributed by atoms with Crippen molar-refractivity contribution in [3.05, 3.63) is 28.2 Å². The van der Waals surface area contributed by atoms with E-state index >= 15 is 0 Å². The molecule has 0 aliphatic carbocycles. The number of hydrogen-bond acceptors (Lipinski definition) is 3. The molecule has 1 amide bonds. The Morgan fingerprint density at radius 3 is 2.70 bits per heavy atom. The van der Waals surface area contributed by atoms with Gasteiger partial charge < -0.3 is 16.2 Å². The largest absolute Gasteiger partial charge is 0.478 e. The number of carboxylic acid groups (broad SMARTS) is 1. The molecule has 0 aromatic heterocycles. The number of nitrogens with one attached hydrogen (secondary N) is 1. The number of halogens is 1. The first-order chi connectivity index (χ1) is 9.43. The summed E-state index contributed by atoms with van der Waals surface area (Å²) in [7, 11) is 0. The maximum atomic E-state index is 11.9. The van der Waals surface area contributed by atoms with Gasteiger partial charge in [-0.3, -0.25) is 4.79 Å². The van der Waals surface area contributed by atoms with Gasteiger partial charge in [0.1, 0.15) is 0 Å². The SMILES string of the molecule is CC(CCN)CCC(=O)Nc1cc(Br)ccc1C(=O)O. The first-order valence-corrected chi connectivity index (χ1v) is 7.26. The van der Waals surface area contributed by atoms with Crippen LogP contribution in [0.3, 0.4) is 0 Å². The van der Waals surface area contributed by atoms with E-state index in [2.05, 4.69) is 21.2 Å². The van der Waals surface area contributed by atoms with Crippen LogP contribution in [0.25, 0.3) is 0 Å². The standard InChI is InChI=1S/C14H19BrN2O3/c1-9(6-7-16)2-5-13(18)17-12-8-10(15)3-4-11(12)14(19)20/h3-4,8-9H,2,5-7,16H2,1H3,(H,17,18)(H,19,20). The quantitative estimate of drug-likeness (QED) is 0.710. The van der Waals surface area contributed by atoms with Crippen LogP contribution in [0.2, 0.25) is 0 Å². The summed E-state index contributed by atoms with van der Waals surface area (Å²) in [4.78, 5) is 22.9. The predicted molar refractivity (Wildman–Crippen MR) is 81.8 cm³/mol. The average molecular weight is 343 g/mol. The van der Waals surface area contributed by atoms with Crippen molar-refractivity contribution in [2.45, 2.75) is 26.2 Å². The Hall–Kier alpha value is -1.40. The zero-order chi connectivity index (χ0) is 15.1. The van der Waals surface area contributed by atoms with Crippen LogP contribution in [0.4, 0.5) is 5.69 Å². The van der Waals surface area contributed by atoms with Gasteiger partial charge in [-0.1, -0.05) is 22.9 Å². The van der Waals surface area contributed by atoms with Crippen molar-refractivity contribution < 1.29 is 14.7 Å². The summed E-state index contributed by atoms with van der Waals surface area (Å²) in [5.41, 5.74) is 5.85. The minimum atomic E-state index is -1.07. The van der Waals surface area contributed by atoms with E-state index in [0.717, 1.165) is 12.8 Å². The van der Waals surface area contributed by atoms with Crippen LogP contribution in [0.1, 0.15) is 36.5 Å². The molecule has 0 fully saturated rings. The lowest BCUT2D eigenvalue weighted by molar-refractivity contribution is -0.116. The molecule has 1 aromatic rings. The second-order valence-electron chi connectivity index (χ2n) is 4.76. The maximum Gasteiger partial charge on any atom is 0.337 e. The number of amides is 1. The van der Waals surface area contributed by atoms with Gasteiger partial charge in [0.05, 0.1) is 11.3 Å². The van der Waals surface area contributed by atoms with Crippen molar-refractivity contribution >= 4 is 33.5 Å². The molecule has 0 aliphatic heterocycles. The van der Waals surface area contributed by atoms with E-state index in [-0.39, 0.29) is 11.5 Å². The lowest BCUT2D eigenvalue weighted by Crippen LogP contribution is -2.16. The molecule has 1 aromatic carbocycles. The molecule has 0 bridgehead atoms. The summed E-state index contributed by atoms with van der Waals surface area (Å²) in [6.45, 7) is 2.65. The third kappa shape index (κ3) is 5.30. The minimum Gasteiger partial charge on any atom is -0.478 e. The molecule has 0 saturated heterocycles. The van der Waals surface area contributed by atoms with Crippen LogP contribution >= 0.6 is 15.9 Å². The van der Waals surface area contributed by atoms with Crippen LogP contribution in [0.5, 0.6) is 0 Å². The maximum absolute atomic E-state index is 11.9. The monoisotopic (exact) mass is 342 g/mol. The first-order valence-electron chi connectivity index (χ1n) is 6.46. The van der Waals surface area contributed by atoms with Crippen molar-refractivity contribution in [2.24, 2.45) is 11.7 Å². The molecule has 20 heavy (non-hydrogen) atoms. The van der Waals surface area contributed by atoms with Gasteiger partial charge in [-0.2, -0.15) is 0 Å². The van der Waals surface area contributed by atoms with Crippen molar-refractivity contribution in [1.82, 2.24) is 0 Å². The van der Waals surface area contributed by atoms with Crippen LogP contribution < -0.4 is 11.1 Å². The Kier molecular flexibility index (Phi) is 6.67. The zero-order valence-corrected chi connectivity index (χ0v) is 12.9. The minimum absolute atomic E-state index is 0.0801. The lowest BCUT2D eigenvalue weighted by atomic mass is 10.0. The van der Waals surface area contributed by atoms with E-state index in [1.54, 1.807) is 12.1 Å². The van der Waals surface area contributed by atoms with Gasteiger partial charge in [-0.15, -0.1) is 0 Å². The van der Waals surface area contributed by atoms with E-state index in [4.69, 9.17) is 10.8 Å². The number of aromatic carboxylic acids is 1. The summed E-state index contributed by atoms with van der Waals surface area (Å²) in [5.74, 6) is -0.869. The van der Waals surface area contributed by atoms with Gasteiger partial charge in [0.25, 0.3) is 0 Å². The molecule has 0 saturated carbocycles. The molecular weight excluding hydrogens is 324 g/mol. The molecule has 6 heteroatoms. The van der Waals surface area contributed by atoms with Crippen molar-refractivity contribution in [2.75, 3.05) is 11.9 Å². The van der Waals surface area contributed by atoms with Crippen LogP contribution in [-0.4, -0.2) is 23.5 Å². The second-order valence-corrected chi connectivity index (χ2v) is 5.68. The van der Waals surface area contributed by atoms with Crippen molar-refractivity contribution in [3.8, 4) is 0 Å². The number of benzene rings is 1. The van der Waals surface area contributed by atoms with Crippen LogP contribution in [0.15, 0.2) is 22.7 Å². The molecule has 0 heterocycles. The molecule has 5 nitrogen and oxygen atoms in total. The number of hydrogen-bond donors (Lipinski definition) is 3. The van der Waals surface area contributed by atoms with E-state index in [9.17, 15) is 9.59 Å². The van der Waals surface area contributed by atoms with Gasteiger partial charge >= 0.3 is 5.97 Å². The molecule has 0 aliphatic rings. The van der Waals surface area contributed by atoms with Crippen molar-refractivity contribution in [3.63, 3.8) is 0 Å². The number of carbonyl (C=O) groups excluding carboxylic acids is 1. The normalized spacial score (nSPS) is 11.9. The highest BCUT2D eigenvalue weighted by Gasteiger charge is 2.13. The third-order valence-electron chi connectivity index (χ3n) is 3.01. The number of nitrogens with two attached hydrogens (primary N) is 1. The summed E-state index contributed by atoms with van der Waals surface area (Å²) >= 11 is 3.26. The number of carbonyl (C=O) groups is 2. The molecule has 1 atom stereocenters. The Bertz CT molecular complexity index is 491. The Morgan fingerprint density at radius 2 is 2.10 bits per heavy atom. The average Bonchev–Trinajstić information content (AvgIpc) is 2.36. The fraction of sp³-hybridized carbons (Fsp3) is 0.429. The zero-order valence-electron chi connectivity index (χ0n) is 11.4. The topological polar surface area (TPSA) is 92.4 Å². The molecule has 0 spiro atoms.